The van der Waals surface area contributed by atoms with Crippen LogP contribution in [-0.2, 0) is 23.8 Å². The molecule has 0 aliphatic carbocycles. The fraction of sp³-hybridized carbons (Fsp3) is 0.750. The quantitative estimate of drug-likeness (QED) is 0.308. The van der Waals surface area contributed by atoms with E-state index in [1.54, 1.807) is 0 Å². The number of thiol groups is 3. The summed E-state index contributed by atoms with van der Waals surface area (Å²) in [5.74, 6) is -0.637. The first-order valence-electron chi connectivity index (χ1n) is 6.22. The van der Waals surface area contributed by atoms with Gasteiger partial charge in [-0.1, -0.05) is 6.92 Å². The zero-order valence-electron chi connectivity index (χ0n) is 11.7. The molecule has 0 rings (SSSR count). The molecule has 0 atom stereocenters. The van der Waals surface area contributed by atoms with Crippen LogP contribution in [0.25, 0.3) is 0 Å². The Kier molecular flexibility index (Phi) is 11.4. The molecule has 0 aromatic carbocycles. The van der Waals surface area contributed by atoms with E-state index in [2.05, 4.69) is 37.9 Å². The molecule has 0 heterocycles. The summed E-state index contributed by atoms with van der Waals surface area (Å²) >= 11 is 16.7. The van der Waals surface area contributed by atoms with E-state index >= 15 is 0 Å². The third-order valence-electron chi connectivity index (χ3n) is 2.76. The van der Waals surface area contributed by atoms with Crippen LogP contribution >= 0.6 is 50.1 Å². The largest absolute Gasteiger partial charge is 0.485 e. The van der Waals surface area contributed by atoms with Gasteiger partial charge in [0.05, 0.1) is 22.7 Å². The molecule has 0 saturated carbocycles. The Bertz CT molecular complexity index is 311. The Morgan fingerprint density at radius 2 is 1.33 bits per heavy atom. The number of thiocarbonyl (C=S) groups is 1. The van der Waals surface area contributed by atoms with Gasteiger partial charge in [-0.25, -0.2) is 0 Å². The van der Waals surface area contributed by atoms with Gasteiger partial charge in [0.25, 0.3) is 0 Å². The topological polar surface area (TPSA) is 61.8 Å². The highest BCUT2D eigenvalue weighted by Crippen LogP contribution is 2.24. The van der Waals surface area contributed by atoms with Crippen LogP contribution in [0, 0.1) is 5.41 Å². The lowest BCUT2D eigenvalue weighted by Crippen LogP contribution is -2.39. The Balaban J connectivity index is 4.76. The van der Waals surface area contributed by atoms with Gasteiger partial charge in [0.2, 0.25) is 0 Å². The Hall–Kier alpha value is -0.120. The number of carbonyl (C=O) groups is 2. The number of hydrogen-bond donors (Lipinski definition) is 3. The van der Waals surface area contributed by atoms with Crippen LogP contribution in [0.1, 0.15) is 13.3 Å². The van der Waals surface area contributed by atoms with Crippen LogP contribution in [0.15, 0.2) is 0 Å². The molecule has 0 aliphatic heterocycles. The molecular weight excluding hydrogens is 352 g/mol. The summed E-state index contributed by atoms with van der Waals surface area (Å²) in [5, 5.41) is 0.331. The number of carbonyl (C=O) groups excluding carboxylic acids is 2. The van der Waals surface area contributed by atoms with Crippen molar-refractivity contribution in [2.45, 2.75) is 13.3 Å². The predicted molar refractivity (Wildman–Crippen MR) is 94.8 cm³/mol. The van der Waals surface area contributed by atoms with Crippen molar-refractivity contribution in [1.29, 1.82) is 0 Å². The highest BCUT2D eigenvalue weighted by Gasteiger charge is 2.33. The predicted octanol–water partition coefficient (Wildman–Crippen LogP) is 1.60. The molecule has 0 radical (unpaired) electrons. The molecule has 122 valence electrons. The molecule has 0 saturated heterocycles. The molecule has 0 unspecified atom stereocenters. The lowest BCUT2D eigenvalue weighted by atomic mass is 9.88. The van der Waals surface area contributed by atoms with E-state index in [1.807, 2.05) is 6.92 Å². The van der Waals surface area contributed by atoms with Gasteiger partial charge in [0.15, 0.2) is 5.05 Å². The number of hydrogen-bond acceptors (Lipinski definition) is 9. The Labute approximate surface area is 146 Å². The molecule has 0 spiro atoms. The van der Waals surface area contributed by atoms with Crippen molar-refractivity contribution in [3.63, 3.8) is 0 Å². The first-order valence-corrected chi connectivity index (χ1v) is 8.53. The maximum absolute atomic E-state index is 11.3. The molecule has 0 N–H and O–H groups in total. The molecular formula is C12H20O5S4. The lowest BCUT2D eigenvalue weighted by Gasteiger charge is -2.31. The summed E-state index contributed by atoms with van der Waals surface area (Å²) in [6.45, 7) is 2.16. The van der Waals surface area contributed by atoms with Crippen molar-refractivity contribution in [3.8, 4) is 0 Å². The first kappa shape index (κ1) is 20.9. The van der Waals surface area contributed by atoms with Crippen molar-refractivity contribution in [1.82, 2.24) is 0 Å². The average molecular weight is 373 g/mol. The van der Waals surface area contributed by atoms with Crippen molar-refractivity contribution in [2.75, 3.05) is 37.1 Å². The second kappa shape index (κ2) is 11.4. The van der Waals surface area contributed by atoms with E-state index in [4.69, 9.17) is 26.4 Å². The number of ether oxygens (including phenoxy) is 3. The summed E-state index contributed by atoms with van der Waals surface area (Å²) < 4.78 is 15.6. The van der Waals surface area contributed by atoms with E-state index in [-0.39, 0.29) is 31.3 Å². The van der Waals surface area contributed by atoms with Crippen molar-refractivity contribution < 1.29 is 23.8 Å². The molecule has 0 fully saturated rings. The third-order valence-corrected chi connectivity index (χ3v) is 4.04. The van der Waals surface area contributed by atoms with E-state index < -0.39 is 17.4 Å². The van der Waals surface area contributed by atoms with Crippen molar-refractivity contribution in [3.05, 3.63) is 0 Å². The summed E-state index contributed by atoms with van der Waals surface area (Å²) in [5.41, 5.74) is -0.662. The third kappa shape index (κ3) is 8.80. The van der Waals surface area contributed by atoms with Crippen LogP contribution in [0.2, 0.25) is 0 Å². The monoisotopic (exact) mass is 372 g/mol. The molecule has 0 bridgehead atoms. The fourth-order valence-electron chi connectivity index (χ4n) is 1.27. The van der Waals surface area contributed by atoms with Crippen molar-refractivity contribution >= 4 is 67.1 Å². The van der Waals surface area contributed by atoms with Crippen LogP contribution in [-0.4, -0.2) is 54.1 Å². The number of esters is 2. The second-order valence-electron chi connectivity index (χ2n) is 4.31. The second-order valence-corrected chi connectivity index (χ2v) is 5.71. The lowest BCUT2D eigenvalue weighted by molar-refractivity contribution is -0.152. The molecule has 0 aromatic rings. The van der Waals surface area contributed by atoms with Gasteiger partial charge in [0, 0.05) is 0 Å². The van der Waals surface area contributed by atoms with Crippen LogP contribution in [0.3, 0.4) is 0 Å². The standard InChI is InChI=1S/C12H20O5S4/c1-2-12(6-15-9(13)3-18,7-16-10(14)4-19)8-17-11(21)5-20/h18-20H,2-8H2,1H3. The maximum atomic E-state index is 11.3. The van der Waals surface area contributed by atoms with Crippen LogP contribution in [0.4, 0.5) is 0 Å². The molecule has 9 heteroatoms. The fourth-order valence-corrected chi connectivity index (χ4v) is 1.60. The minimum Gasteiger partial charge on any atom is -0.485 e. The van der Waals surface area contributed by atoms with E-state index in [0.29, 0.717) is 17.2 Å². The Morgan fingerprint density at radius 1 is 0.905 bits per heavy atom. The molecule has 0 aromatic heterocycles. The van der Waals surface area contributed by atoms with Gasteiger partial charge in [-0.15, -0.1) is 0 Å². The highest BCUT2D eigenvalue weighted by molar-refractivity contribution is 7.85. The van der Waals surface area contributed by atoms with E-state index in [0.717, 1.165) is 0 Å². The average Bonchev–Trinajstić information content (AvgIpc) is 2.53. The maximum Gasteiger partial charge on any atom is 0.315 e. The summed E-state index contributed by atoms with van der Waals surface area (Å²) in [7, 11) is 0. The minimum atomic E-state index is -0.662. The SMILES string of the molecule is CCC(COC(=O)CS)(COC(=O)CS)COC(=S)CS. The van der Waals surface area contributed by atoms with E-state index in [9.17, 15) is 9.59 Å². The minimum absolute atomic E-state index is 0.0217. The summed E-state index contributed by atoms with van der Waals surface area (Å²) in [6, 6.07) is 0. The van der Waals surface area contributed by atoms with Crippen molar-refractivity contribution in [2.24, 2.45) is 5.41 Å². The zero-order valence-corrected chi connectivity index (χ0v) is 15.2. The van der Waals surface area contributed by atoms with Crippen LogP contribution in [0.5, 0.6) is 0 Å². The molecule has 5 nitrogen and oxygen atoms in total. The van der Waals surface area contributed by atoms with Gasteiger partial charge < -0.3 is 14.2 Å². The number of rotatable bonds is 10. The highest BCUT2D eigenvalue weighted by atomic mass is 32.1. The normalized spacial score (nSPS) is 10.9. The molecule has 0 aliphatic rings. The molecule has 0 amide bonds. The van der Waals surface area contributed by atoms with E-state index in [1.165, 1.54) is 0 Å². The van der Waals surface area contributed by atoms with Crippen LogP contribution < -0.4 is 0 Å². The van der Waals surface area contributed by atoms with Gasteiger partial charge in [-0.05, 0) is 18.6 Å². The smallest absolute Gasteiger partial charge is 0.315 e. The Morgan fingerprint density at radius 3 is 1.67 bits per heavy atom. The van der Waals surface area contributed by atoms with Gasteiger partial charge in [0.1, 0.15) is 19.8 Å². The first-order chi connectivity index (χ1) is 9.92. The zero-order chi connectivity index (χ0) is 16.3. The molecule has 21 heavy (non-hydrogen) atoms. The summed E-state index contributed by atoms with van der Waals surface area (Å²) in [4.78, 5) is 22.5. The van der Waals surface area contributed by atoms with Gasteiger partial charge >= 0.3 is 11.9 Å². The van der Waals surface area contributed by atoms with Gasteiger partial charge in [-0.3, -0.25) is 9.59 Å². The van der Waals surface area contributed by atoms with Gasteiger partial charge in [-0.2, -0.15) is 37.9 Å². The summed E-state index contributed by atoms with van der Waals surface area (Å²) in [6.07, 6.45) is 0.571.